The van der Waals surface area contributed by atoms with Crippen molar-refractivity contribution in [3.05, 3.63) is 34.3 Å². The van der Waals surface area contributed by atoms with Gasteiger partial charge in [0.05, 0.1) is 11.6 Å². The second-order valence-electron chi connectivity index (χ2n) is 4.16. The highest BCUT2D eigenvalue weighted by Gasteiger charge is 2.15. The van der Waals surface area contributed by atoms with E-state index in [1.54, 1.807) is 12.1 Å². The first-order chi connectivity index (χ1) is 8.54. The molecule has 0 aliphatic carbocycles. The number of rotatable bonds is 6. The standard InChI is InChI=1S/C14H17ClO3/c1-3-4-7-18-14(17)9-13(16)11-8-10(2)5-6-12(11)15/h5-6,8H,3-4,7,9H2,1-2H3. The van der Waals surface area contributed by atoms with E-state index in [-0.39, 0.29) is 12.2 Å². The quantitative estimate of drug-likeness (QED) is 0.343. The van der Waals surface area contributed by atoms with Crippen LogP contribution >= 0.6 is 11.6 Å². The van der Waals surface area contributed by atoms with Crippen LogP contribution in [0.3, 0.4) is 0 Å². The number of ether oxygens (including phenoxy) is 1. The predicted molar refractivity (Wildman–Crippen MR) is 71.0 cm³/mol. The first kappa shape index (κ1) is 14.7. The Morgan fingerprint density at radius 1 is 1.33 bits per heavy atom. The lowest BCUT2D eigenvalue weighted by molar-refractivity contribution is -0.142. The predicted octanol–water partition coefficient (Wildman–Crippen LogP) is 3.56. The van der Waals surface area contributed by atoms with Gasteiger partial charge in [0, 0.05) is 5.56 Å². The molecule has 0 aliphatic rings. The van der Waals surface area contributed by atoms with Crippen molar-refractivity contribution >= 4 is 23.4 Å². The number of hydrogen-bond acceptors (Lipinski definition) is 3. The van der Waals surface area contributed by atoms with Crippen molar-refractivity contribution in [2.75, 3.05) is 6.61 Å². The summed E-state index contributed by atoms with van der Waals surface area (Å²) in [5.41, 5.74) is 1.31. The van der Waals surface area contributed by atoms with Crippen LogP contribution in [-0.2, 0) is 9.53 Å². The minimum Gasteiger partial charge on any atom is -0.465 e. The molecule has 0 atom stereocenters. The van der Waals surface area contributed by atoms with Gasteiger partial charge in [0.25, 0.3) is 0 Å². The van der Waals surface area contributed by atoms with Crippen LogP contribution in [0.25, 0.3) is 0 Å². The van der Waals surface area contributed by atoms with Gasteiger partial charge >= 0.3 is 5.97 Å². The molecule has 0 bridgehead atoms. The highest BCUT2D eigenvalue weighted by Crippen LogP contribution is 2.19. The van der Waals surface area contributed by atoms with Crippen LogP contribution in [0.1, 0.15) is 42.1 Å². The summed E-state index contributed by atoms with van der Waals surface area (Å²) in [7, 11) is 0. The van der Waals surface area contributed by atoms with Gasteiger partial charge in [0.15, 0.2) is 5.78 Å². The third kappa shape index (κ3) is 4.49. The number of ketones is 1. The number of aryl methyl sites for hydroxylation is 1. The number of benzene rings is 1. The van der Waals surface area contributed by atoms with Crippen LogP contribution in [0, 0.1) is 6.92 Å². The van der Waals surface area contributed by atoms with Gasteiger partial charge in [-0.2, -0.15) is 0 Å². The average Bonchev–Trinajstić information content (AvgIpc) is 2.32. The van der Waals surface area contributed by atoms with Gasteiger partial charge in [-0.05, 0) is 25.5 Å². The summed E-state index contributed by atoms with van der Waals surface area (Å²) in [6, 6.07) is 5.16. The van der Waals surface area contributed by atoms with Crippen LogP contribution in [-0.4, -0.2) is 18.4 Å². The van der Waals surface area contributed by atoms with E-state index in [9.17, 15) is 9.59 Å². The molecule has 98 valence electrons. The monoisotopic (exact) mass is 268 g/mol. The topological polar surface area (TPSA) is 43.4 Å². The molecule has 0 saturated carbocycles. The van der Waals surface area contributed by atoms with Crippen molar-refractivity contribution in [3.8, 4) is 0 Å². The maximum atomic E-state index is 11.9. The molecule has 0 spiro atoms. The Morgan fingerprint density at radius 2 is 2.06 bits per heavy atom. The summed E-state index contributed by atoms with van der Waals surface area (Å²) < 4.78 is 4.94. The van der Waals surface area contributed by atoms with E-state index in [0.29, 0.717) is 17.2 Å². The summed E-state index contributed by atoms with van der Waals surface area (Å²) in [6.45, 7) is 4.24. The largest absolute Gasteiger partial charge is 0.465 e. The lowest BCUT2D eigenvalue weighted by Crippen LogP contribution is -2.12. The van der Waals surface area contributed by atoms with E-state index < -0.39 is 5.97 Å². The molecule has 1 aromatic carbocycles. The zero-order chi connectivity index (χ0) is 13.5. The SMILES string of the molecule is CCCCOC(=O)CC(=O)c1cc(C)ccc1Cl. The van der Waals surface area contributed by atoms with E-state index in [4.69, 9.17) is 16.3 Å². The fourth-order valence-electron chi connectivity index (χ4n) is 1.46. The van der Waals surface area contributed by atoms with Crippen LogP contribution in [0.15, 0.2) is 18.2 Å². The number of hydrogen-bond donors (Lipinski definition) is 0. The zero-order valence-corrected chi connectivity index (χ0v) is 11.4. The number of Topliss-reactive ketones (excluding diaryl/α,β-unsaturated/α-hetero) is 1. The molecule has 0 aromatic heterocycles. The third-order valence-corrected chi connectivity index (χ3v) is 2.82. The van der Waals surface area contributed by atoms with Gasteiger partial charge in [-0.25, -0.2) is 0 Å². The van der Waals surface area contributed by atoms with Crippen molar-refractivity contribution in [2.24, 2.45) is 0 Å². The Labute approximate surface area is 112 Å². The Morgan fingerprint density at radius 3 is 2.72 bits per heavy atom. The van der Waals surface area contributed by atoms with Crippen LogP contribution in [0.5, 0.6) is 0 Å². The molecule has 0 aliphatic heterocycles. The van der Waals surface area contributed by atoms with Crippen molar-refractivity contribution in [2.45, 2.75) is 33.1 Å². The van der Waals surface area contributed by atoms with Gasteiger partial charge in [0.2, 0.25) is 0 Å². The van der Waals surface area contributed by atoms with Crippen molar-refractivity contribution < 1.29 is 14.3 Å². The number of carbonyl (C=O) groups excluding carboxylic acids is 2. The molecule has 0 heterocycles. The second-order valence-corrected chi connectivity index (χ2v) is 4.56. The highest BCUT2D eigenvalue weighted by molar-refractivity contribution is 6.34. The lowest BCUT2D eigenvalue weighted by Gasteiger charge is -2.05. The molecule has 1 aromatic rings. The fraction of sp³-hybridized carbons (Fsp3) is 0.429. The number of carbonyl (C=O) groups is 2. The molecule has 0 saturated heterocycles. The maximum Gasteiger partial charge on any atom is 0.313 e. The van der Waals surface area contributed by atoms with E-state index in [1.807, 2.05) is 19.9 Å². The number of halogens is 1. The van der Waals surface area contributed by atoms with Crippen molar-refractivity contribution in [1.82, 2.24) is 0 Å². The molecule has 0 radical (unpaired) electrons. The van der Waals surface area contributed by atoms with Gasteiger partial charge in [0.1, 0.15) is 6.42 Å². The van der Waals surface area contributed by atoms with E-state index >= 15 is 0 Å². The van der Waals surface area contributed by atoms with Crippen LogP contribution in [0.4, 0.5) is 0 Å². The summed E-state index contributed by atoms with van der Waals surface area (Å²) in [6.07, 6.45) is 1.50. The zero-order valence-electron chi connectivity index (χ0n) is 10.7. The maximum absolute atomic E-state index is 11.9. The minimum absolute atomic E-state index is 0.257. The van der Waals surface area contributed by atoms with E-state index in [1.165, 1.54) is 0 Å². The Bertz CT molecular complexity index is 441. The molecule has 0 amide bonds. The number of unbranched alkanes of at least 4 members (excludes halogenated alkanes) is 1. The molecular formula is C14H17ClO3. The Balaban J connectivity index is 2.59. The molecule has 18 heavy (non-hydrogen) atoms. The van der Waals surface area contributed by atoms with E-state index in [0.717, 1.165) is 18.4 Å². The number of esters is 1. The molecule has 0 fully saturated rings. The molecule has 0 N–H and O–H groups in total. The van der Waals surface area contributed by atoms with E-state index in [2.05, 4.69) is 0 Å². The first-order valence-electron chi connectivity index (χ1n) is 5.99. The molecule has 0 unspecified atom stereocenters. The van der Waals surface area contributed by atoms with Gasteiger partial charge in [-0.3, -0.25) is 9.59 Å². The molecular weight excluding hydrogens is 252 g/mol. The minimum atomic E-state index is -0.494. The smallest absolute Gasteiger partial charge is 0.313 e. The normalized spacial score (nSPS) is 10.2. The first-order valence-corrected chi connectivity index (χ1v) is 6.37. The van der Waals surface area contributed by atoms with Crippen LogP contribution < -0.4 is 0 Å². The summed E-state index contributed by atoms with van der Waals surface area (Å²) in [5.74, 6) is -0.795. The Hall–Kier alpha value is -1.35. The molecule has 1 rings (SSSR count). The fourth-order valence-corrected chi connectivity index (χ4v) is 1.68. The van der Waals surface area contributed by atoms with Crippen LogP contribution in [0.2, 0.25) is 5.02 Å². The van der Waals surface area contributed by atoms with Gasteiger partial charge < -0.3 is 4.74 Å². The lowest BCUT2D eigenvalue weighted by atomic mass is 10.1. The third-order valence-electron chi connectivity index (χ3n) is 2.49. The van der Waals surface area contributed by atoms with Crippen molar-refractivity contribution in [3.63, 3.8) is 0 Å². The second kappa shape index (κ2) is 7.17. The highest BCUT2D eigenvalue weighted by atomic mass is 35.5. The van der Waals surface area contributed by atoms with Gasteiger partial charge in [-0.1, -0.05) is 36.6 Å². The Kier molecular flexibility index (Phi) is 5.86. The van der Waals surface area contributed by atoms with Crippen molar-refractivity contribution in [1.29, 1.82) is 0 Å². The summed E-state index contributed by atoms with van der Waals surface area (Å²) in [5, 5.41) is 0.368. The summed E-state index contributed by atoms with van der Waals surface area (Å²) >= 11 is 5.93. The summed E-state index contributed by atoms with van der Waals surface area (Å²) in [4.78, 5) is 23.3. The molecule has 4 heteroatoms. The average molecular weight is 269 g/mol. The van der Waals surface area contributed by atoms with Gasteiger partial charge in [-0.15, -0.1) is 0 Å². The molecule has 3 nitrogen and oxygen atoms in total.